The first kappa shape index (κ1) is 11.6. The third kappa shape index (κ3) is 3.03. The molecular formula is C13H20N2O. The van der Waals surface area contributed by atoms with E-state index in [1.807, 2.05) is 19.3 Å². The van der Waals surface area contributed by atoms with Gasteiger partial charge in [0.1, 0.15) is 0 Å². The van der Waals surface area contributed by atoms with Gasteiger partial charge in [-0.25, -0.2) is 0 Å². The van der Waals surface area contributed by atoms with Crippen molar-refractivity contribution in [2.45, 2.75) is 44.8 Å². The van der Waals surface area contributed by atoms with Crippen molar-refractivity contribution in [2.75, 3.05) is 6.61 Å². The number of hydrogen-bond acceptors (Lipinski definition) is 3. The molecule has 1 aliphatic rings. The van der Waals surface area contributed by atoms with Gasteiger partial charge < -0.3 is 10.5 Å². The molecule has 3 nitrogen and oxygen atoms in total. The highest BCUT2D eigenvalue weighted by molar-refractivity contribution is 5.19. The van der Waals surface area contributed by atoms with Crippen molar-refractivity contribution in [3.05, 3.63) is 29.6 Å². The molecule has 2 N–H and O–H groups in total. The van der Waals surface area contributed by atoms with E-state index in [-0.39, 0.29) is 6.04 Å². The maximum atomic E-state index is 6.17. The Morgan fingerprint density at radius 1 is 1.50 bits per heavy atom. The summed E-state index contributed by atoms with van der Waals surface area (Å²) in [4.78, 5) is 4.18. The monoisotopic (exact) mass is 220 g/mol. The molecule has 2 unspecified atom stereocenters. The average Bonchev–Trinajstić information content (AvgIpc) is 2.30. The molecule has 16 heavy (non-hydrogen) atoms. The minimum Gasteiger partial charge on any atom is -0.378 e. The van der Waals surface area contributed by atoms with Gasteiger partial charge in [0.15, 0.2) is 0 Å². The van der Waals surface area contributed by atoms with Crippen LogP contribution < -0.4 is 5.73 Å². The van der Waals surface area contributed by atoms with Crippen molar-refractivity contribution in [3.63, 3.8) is 0 Å². The molecule has 2 atom stereocenters. The molecule has 1 aliphatic heterocycles. The Hall–Kier alpha value is -0.930. The van der Waals surface area contributed by atoms with Crippen LogP contribution in [0.4, 0.5) is 0 Å². The summed E-state index contributed by atoms with van der Waals surface area (Å²) in [5.41, 5.74) is 8.46. The Morgan fingerprint density at radius 2 is 2.38 bits per heavy atom. The van der Waals surface area contributed by atoms with E-state index in [1.54, 1.807) is 0 Å². The summed E-state index contributed by atoms with van der Waals surface area (Å²) in [6, 6.07) is 2.16. The van der Waals surface area contributed by atoms with Gasteiger partial charge in [0, 0.05) is 25.0 Å². The van der Waals surface area contributed by atoms with Crippen molar-refractivity contribution in [3.8, 4) is 0 Å². The van der Waals surface area contributed by atoms with Gasteiger partial charge in [-0.3, -0.25) is 4.98 Å². The van der Waals surface area contributed by atoms with Crippen molar-refractivity contribution in [1.29, 1.82) is 0 Å². The lowest BCUT2D eigenvalue weighted by atomic mass is 9.98. The van der Waals surface area contributed by atoms with Crippen molar-refractivity contribution in [2.24, 2.45) is 5.73 Å². The molecule has 0 amide bonds. The lowest BCUT2D eigenvalue weighted by Crippen LogP contribution is -2.25. The fourth-order valence-corrected chi connectivity index (χ4v) is 2.19. The summed E-state index contributed by atoms with van der Waals surface area (Å²) in [5.74, 6) is 0. The van der Waals surface area contributed by atoms with Crippen LogP contribution in [-0.2, 0) is 4.74 Å². The van der Waals surface area contributed by atoms with Crippen LogP contribution in [0.1, 0.15) is 42.9 Å². The first-order valence-electron chi connectivity index (χ1n) is 6.04. The molecule has 1 saturated heterocycles. The maximum Gasteiger partial charge on any atom is 0.0593 e. The van der Waals surface area contributed by atoms with Gasteiger partial charge in [-0.2, -0.15) is 0 Å². The van der Waals surface area contributed by atoms with E-state index < -0.39 is 0 Å². The predicted octanol–water partition coefficient (Wildman–Crippen LogP) is 2.35. The molecule has 0 spiro atoms. The van der Waals surface area contributed by atoms with Gasteiger partial charge in [0.05, 0.1) is 6.10 Å². The summed E-state index contributed by atoms with van der Waals surface area (Å²) in [6.45, 7) is 2.93. The molecule has 1 aromatic rings. The highest BCUT2D eigenvalue weighted by atomic mass is 16.5. The van der Waals surface area contributed by atoms with Gasteiger partial charge in [-0.15, -0.1) is 0 Å². The molecule has 3 heteroatoms. The fraction of sp³-hybridized carbons (Fsp3) is 0.615. The molecule has 1 aromatic heterocycles. The van der Waals surface area contributed by atoms with Crippen LogP contribution >= 0.6 is 0 Å². The van der Waals surface area contributed by atoms with E-state index in [0.29, 0.717) is 6.10 Å². The largest absolute Gasteiger partial charge is 0.378 e. The van der Waals surface area contributed by atoms with Crippen LogP contribution in [0.2, 0.25) is 0 Å². The Balaban J connectivity index is 1.94. The second kappa shape index (κ2) is 5.41. The molecule has 0 bridgehead atoms. The summed E-state index contributed by atoms with van der Waals surface area (Å²) in [5, 5.41) is 0. The zero-order chi connectivity index (χ0) is 11.4. The second-order valence-corrected chi connectivity index (χ2v) is 4.63. The Kier molecular flexibility index (Phi) is 3.91. The van der Waals surface area contributed by atoms with Gasteiger partial charge in [0.25, 0.3) is 0 Å². The SMILES string of the molecule is Cc1cncc(C(N)CC2CCCCO2)c1. The molecule has 0 aromatic carbocycles. The number of nitrogens with zero attached hydrogens (tertiary/aromatic N) is 1. The predicted molar refractivity (Wildman–Crippen MR) is 64.1 cm³/mol. The van der Waals surface area contributed by atoms with E-state index in [9.17, 15) is 0 Å². The van der Waals surface area contributed by atoms with Gasteiger partial charge in [-0.05, 0) is 43.7 Å². The smallest absolute Gasteiger partial charge is 0.0593 e. The molecule has 0 aliphatic carbocycles. The Bertz CT molecular complexity index is 334. The molecule has 2 rings (SSSR count). The number of pyridine rings is 1. The molecule has 1 fully saturated rings. The lowest BCUT2D eigenvalue weighted by Gasteiger charge is -2.25. The van der Waals surface area contributed by atoms with E-state index in [2.05, 4.69) is 11.1 Å². The summed E-state index contributed by atoms with van der Waals surface area (Å²) in [6.07, 6.45) is 8.57. The van der Waals surface area contributed by atoms with Crippen LogP contribution in [0, 0.1) is 6.92 Å². The maximum absolute atomic E-state index is 6.17. The minimum absolute atomic E-state index is 0.0514. The van der Waals surface area contributed by atoms with Crippen LogP contribution in [0.15, 0.2) is 18.5 Å². The van der Waals surface area contributed by atoms with E-state index in [4.69, 9.17) is 10.5 Å². The van der Waals surface area contributed by atoms with Crippen molar-refractivity contribution >= 4 is 0 Å². The molecule has 88 valence electrons. The quantitative estimate of drug-likeness (QED) is 0.850. The molecule has 0 saturated carbocycles. The first-order chi connectivity index (χ1) is 7.75. The van der Waals surface area contributed by atoms with Crippen LogP contribution in [-0.4, -0.2) is 17.7 Å². The Labute approximate surface area is 97.0 Å². The number of nitrogens with two attached hydrogens (primary N) is 1. The summed E-state index contributed by atoms with van der Waals surface area (Å²) in [7, 11) is 0. The summed E-state index contributed by atoms with van der Waals surface area (Å²) < 4.78 is 5.70. The molecular weight excluding hydrogens is 200 g/mol. The summed E-state index contributed by atoms with van der Waals surface area (Å²) >= 11 is 0. The zero-order valence-electron chi connectivity index (χ0n) is 9.86. The number of aromatic nitrogens is 1. The van der Waals surface area contributed by atoms with Gasteiger partial charge in [-0.1, -0.05) is 6.07 Å². The van der Waals surface area contributed by atoms with E-state index in [0.717, 1.165) is 30.6 Å². The van der Waals surface area contributed by atoms with Crippen LogP contribution in [0.5, 0.6) is 0 Å². The van der Waals surface area contributed by atoms with E-state index in [1.165, 1.54) is 12.8 Å². The number of hydrogen-bond donors (Lipinski definition) is 1. The van der Waals surface area contributed by atoms with Crippen molar-refractivity contribution in [1.82, 2.24) is 4.98 Å². The number of rotatable bonds is 3. The number of ether oxygens (including phenoxy) is 1. The molecule has 0 radical (unpaired) electrons. The van der Waals surface area contributed by atoms with Crippen LogP contribution in [0.25, 0.3) is 0 Å². The first-order valence-corrected chi connectivity index (χ1v) is 6.04. The lowest BCUT2D eigenvalue weighted by molar-refractivity contribution is 0.00728. The van der Waals surface area contributed by atoms with Gasteiger partial charge in [0.2, 0.25) is 0 Å². The molecule has 2 heterocycles. The van der Waals surface area contributed by atoms with Gasteiger partial charge >= 0.3 is 0 Å². The fourth-order valence-electron chi connectivity index (χ4n) is 2.19. The van der Waals surface area contributed by atoms with Crippen LogP contribution in [0.3, 0.4) is 0 Å². The average molecular weight is 220 g/mol. The third-order valence-electron chi connectivity index (χ3n) is 3.12. The Morgan fingerprint density at radius 3 is 3.06 bits per heavy atom. The zero-order valence-corrected chi connectivity index (χ0v) is 9.86. The third-order valence-corrected chi connectivity index (χ3v) is 3.12. The second-order valence-electron chi connectivity index (χ2n) is 4.63. The number of aryl methyl sites for hydroxylation is 1. The topological polar surface area (TPSA) is 48.1 Å². The normalized spacial score (nSPS) is 23.0. The minimum atomic E-state index is 0.0514. The highest BCUT2D eigenvalue weighted by Crippen LogP contribution is 2.23. The standard InChI is InChI=1S/C13H20N2O/c1-10-6-11(9-15-8-10)13(14)7-12-4-2-3-5-16-12/h6,8-9,12-13H,2-5,7,14H2,1H3. The van der Waals surface area contributed by atoms with E-state index >= 15 is 0 Å². The van der Waals surface area contributed by atoms with Crippen molar-refractivity contribution < 1.29 is 4.74 Å². The highest BCUT2D eigenvalue weighted by Gasteiger charge is 2.18.